The summed E-state index contributed by atoms with van der Waals surface area (Å²) in [4.78, 5) is 10.4. The Morgan fingerprint density at radius 3 is 2.70 bits per heavy atom. The van der Waals surface area contributed by atoms with Gasteiger partial charge in [-0.05, 0) is 12.2 Å². The van der Waals surface area contributed by atoms with Crippen molar-refractivity contribution in [3.63, 3.8) is 0 Å². The quantitative estimate of drug-likeness (QED) is 0.577. The zero-order chi connectivity index (χ0) is 7.56. The Hall–Kier alpha value is -0.220. The van der Waals surface area contributed by atoms with Crippen molar-refractivity contribution in [1.82, 2.24) is 0 Å². The molecule has 0 radical (unpaired) electrons. The molecule has 0 aromatic rings. The van der Waals surface area contributed by atoms with Crippen LogP contribution in [-0.4, -0.2) is 33.8 Å². The molecule has 0 aliphatic carbocycles. The monoisotopic (exact) mass is 162 g/mol. The standard InChI is InChI=1S/C6H10O3S/c7-5-1-2-10-3-4(5)6(8)9/h4-5,7H,1-3H2,(H,8,9). The van der Waals surface area contributed by atoms with Gasteiger partial charge in [-0.3, -0.25) is 4.79 Å². The van der Waals surface area contributed by atoms with Gasteiger partial charge in [0.05, 0.1) is 12.0 Å². The number of hydrogen-bond donors (Lipinski definition) is 2. The largest absolute Gasteiger partial charge is 0.481 e. The molecule has 1 aliphatic rings. The van der Waals surface area contributed by atoms with Gasteiger partial charge in [-0.1, -0.05) is 0 Å². The summed E-state index contributed by atoms with van der Waals surface area (Å²) in [5, 5.41) is 17.7. The zero-order valence-corrected chi connectivity index (χ0v) is 6.30. The number of hydrogen-bond acceptors (Lipinski definition) is 3. The Bertz CT molecular complexity index is 137. The number of aliphatic hydroxyl groups is 1. The van der Waals surface area contributed by atoms with Gasteiger partial charge in [-0.15, -0.1) is 0 Å². The van der Waals surface area contributed by atoms with Crippen LogP contribution < -0.4 is 0 Å². The highest BCUT2D eigenvalue weighted by atomic mass is 32.2. The molecule has 0 aromatic carbocycles. The lowest BCUT2D eigenvalue weighted by molar-refractivity contribution is -0.144. The summed E-state index contributed by atoms with van der Waals surface area (Å²) >= 11 is 1.59. The van der Waals surface area contributed by atoms with Gasteiger partial charge >= 0.3 is 5.97 Å². The highest BCUT2D eigenvalue weighted by Gasteiger charge is 2.29. The molecule has 3 nitrogen and oxygen atoms in total. The maximum absolute atomic E-state index is 10.4. The summed E-state index contributed by atoms with van der Waals surface area (Å²) < 4.78 is 0. The second-order valence-electron chi connectivity index (χ2n) is 2.38. The second-order valence-corrected chi connectivity index (χ2v) is 3.53. The van der Waals surface area contributed by atoms with E-state index in [0.29, 0.717) is 12.2 Å². The second kappa shape index (κ2) is 3.25. The first-order valence-corrected chi connectivity index (χ1v) is 4.36. The van der Waals surface area contributed by atoms with Gasteiger partial charge in [0.1, 0.15) is 0 Å². The fourth-order valence-corrected chi connectivity index (χ4v) is 2.16. The van der Waals surface area contributed by atoms with Gasteiger partial charge in [0.25, 0.3) is 0 Å². The lowest BCUT2D eigenvalue weighted by Gasteiger charge is -2.23. The van der Waals surface area contributed by atoms with Crippen LogP contribution in [0.15, 0.2) is 0 Å². The third kappa shape index (κ3) is 1.64. The van der Waals surface area contributed by atoms with E-state index in [1.165, 1.54) is 0 Å². The SMILES string of the molecule is O=C(O)C1CSCCC1O. The molecule has 0 spiro atoms. The third-order valence-corrected chi connectivity index (χ3v) is 2.76. The van der Waals surface area contributed by atoms with Crippen LogP contribution in [0.1, 0.15) is 6.42 Å². The van der Waals surface area contributed by atoms with Crippen molar-refractivity contribution in [1.29, 1.82) is 0 Å². The van der Waals surface area contributed by atoms with E-state index < -0.39 is 18.0 Å². The van der Waals surface area contributed by atoms with Crippen molar-refractivity contribution in [2.45, 2.75) is 12.5 Å². The molecule has 0 aromatic heterocycles. The van der Waals surface area contributed by atoms with Crippen molar-refractivity contribution >= 4 is 17.7 Å². The molecule has 1 heterocycles. The zero-order valence-electron chi connectivity index (χ0n) is 5.49. The maximum atomic E-state index is 10.4. The Balaban J connectivity index is 2.47. The Labute approximate surface area is 63.4 Å². The summed E-state index contributed by atoms with van der Waals surface area (Å²) in [6.07, 6.45) is -0.0134. The molecule has 1 rings (SSSR count). The van der Waals surface area contributed by atoms with Gasteiger partial charge < -0.3 is 10.2 Å². The van der Waals surface area contributed by atoms with Crippen LogP contribution in [0.25, 0.3) is 0 Å². The highest BCUT2D eigenvalue weighted by Crippen LogP contribution is 2.22. The minimum atomic E-state index is -0.875. The van der Waals surface area contributed by atoms with Gasteiger partial charge in [0, 0.05) is 5.75 Å². The van der Waals surface area contributed by atoms with Gasteiger partial charge in [-0.2, -0.15) is 11.8 Å². The molecular weight excluding hydrogens is 152 g/mol. The first-order chi connectivity index (χ1) is 4.72. The number of carbonyl (C=O) groups is 1. The Morgan fingerprint density at radius 1 is 1.60 bits per heavy atom. The molecule has 1 aliphatic heterocycles. The van der Waals surface area contributed by atoms with E-state index in [2.05, 4.69) is 0 Å². The lowest BCUT2D eigenvalue weighted by Crippen LogP contribution is -2.33. The fraction of sp³-hybridized carbons (Fsp3) is 0.833. The van der Waals surface area contributed by atoms with E-state index >= 15 is 0 Å². The molecular formula is C6H10O3S. The van der Waals surface area contributed by atoms with Crippen molar-refractivity contribution in [2.75, 3.05) is 11.5 Å². The van der Waals surface area contributed by atoms with Crippen LogP contribution in [0, 0.1) is 5.92 Å². The van der Waals surface area contributed by atoms with Gasteiger partial charge in [0.15, 0.2) is 0 Å². The molecule has 0 bridgehead atoms. The molecule has 58 valence electrons. The average molecular weight is 162 g/mol. The molecule has 1 fully saturated rings. The lowest BCUT2D eigenvalue weighted by atomic mass is 10.0. The predicted octanol–water partition coefficient (Wildman–Crippen LogP) is 0.185. The normalized spacial score (nSPS) is 33.7. The van der Waals surface area contributed by atoms with Crippen molar-refractivity contribution < 1.29 is 15.0 Å². The van der Waals surface area contributed by atoms with Crippen LogP contribution in [0.5, 0.6) is 0 Å². The number of carboxylic acids is 1. The number of aliphatic carboxylic acids is 1. The summed E-state index contributed by atoms with van der Waals surface area (Å²) in [6.45, 7) is 0. The highest BCUT2D eigenvalue weighted by molar-refractivity contribution is 7.99. The minimum absolute atomic E-state index is 0.543. The Morgan fingerprint density at radius 2 is 2.30 bits per heavy atom. The van der Waals surface area contributed by atoms with Crippen molar-refractivity contribution in [3.8, 4) is 0 Å². The summed E-state index contributed by atoms with van der Waals surface area (Å²) in [6, 6.07) is 0. The molecule has 2 N–H and O–H groups in total. The van der Waals surface area contributed by atoms with Crippen molar-refractivity contribution in [3.05, 3.63) is 0 Å². The molecule has 2 atom stereocenters. The smallest absolute Gasteiger partial charge is 0.309 e. The summed E-state index contributed by atoms with van der Waals surface area (Å²) in [7, 11) is 0. The summed E-state index contributed by atoms with van der Waals surface area (Å²) in [5.41, 5.74) is 0. The van der Waals surface area contributed by atoms with Crippen molar-refractivity contribution in [2.24, 2.45) is 5.92 Å². The first-order valence-electron chi connectivity index (χ1n) is 3.20. The van der Waals surface area contributed by atoms with E-state index in [1.807, 2.05) is 0 Å². The van der Waals surface area contributed by atoms with E-state index in [-0.39, 0.29) is 0 Å². The predicted molar refractivity (Wildman–Crippen MR) is 39.1 cm³/mol. The van der Waals surface area contributed by atoms with E-state index in [0.717, 1.165) is 5.75 Å². The maximum Gasteiger partial charge on any atom is 0.309 e. The Kier molecular flexibility index (Phi) is 2.56. The van der Waals surface area contributed by atoms with E-state index in [1.54, 1.807) is 11.8 Å². The number of carboxylic acid groups (broad SMARTS) is 1. The minimum Gasteiger partial charge on any atom is -0.481 e. The average Bonchev–Trinajstić information content (AvgIpc) is 1.88. The summed E-state index contributed by atoms with van der Waals surface area (Å²) in [5.74, 6) is 0.0139. The van der Waals surface area contributed by atoms with Crippen LogP contribution in [-0.2, 0) is 4.79 Å². The molecule has 10 heavy (non-hydrogen) atoms. The van der Waals surface area contributed by atoms with Crippen LogP contribution in [0.3, 0.4) is 0 Å². The molecule has 1 saturated heterocycles. The topological polar surface area (TPSA) is 57.5 Å². The van der Waals surface area contributed by atoms with E-state index in [4.69, 9.17) is 10.2 Å². The van der Waals surface area contributed by atoms with Gasteiger partial charge in [-0.25, -0.2) is 0 Å². The molecule has 0 saturated carbocycles. The third-order valence-electron chi connectivity index (χ3n) is 1.64. The molecule has 0 amide bonds. The van der Waals surface area contributed by atoms with Crippen LogP contribution in [0.4, 0.5) is 0 Å². The number of rotatable bonds is 1. The van der Waals surface area contributed by atoms with Gasteiger partial charge in [0.2, 0.25) is 0 Å². The first kappa shape index (κ1) is 7.88. The molecule has 4 heteroatoms. The molecule has 2 unspecified atom stereocenters. The van der Waals surface area contributed by atoms with E-state index in [9.17, 15) is 4.79 Å². The fourth-order valence-electron chi connectivity index (χ4n) is 0.963. The number of aliphatic hydroxyl groups excluding tert-OH is 1. The van der Waals surface area contributed by atoms with Crippen LogP contribution in [0.2, 0.25) is 0 Å². The van der Waals surface area contributed by atoms with Crippen LogP contribution >= 0.6 is 11.8 Å². The number of thioether (sulfide) groups is 1.